The van der Waals surface area contributed by atoms with Crippen LogP contribution in [-0.4, -0.2) is 49.3 Å². The number of unbranched alkanes of at least 4 members (excludes halogenated alkanes) is 1. The summed E-state index contributed by atoms with van der Waals surface area (Å²) >= 11 is 0. The van der Waals surface area contributed by atoms with Gasteiger partial charge in [0.25, 0.3) is 0 Å². The van der Waals surface area contributed by atoms with E-state index in [9.17, 15) is 9.90 Å². The molecule has 0 bridgehead atoms. The molecule has 1 aromatic carbocycles. The quantitative estimate of drug-likeness (QED) is 0.521. The van der Waals surface area contributed by atoms with Crippen LogP contribution in [0.2, 0.25) is 0 Å². The minimum atomic E-state index is -0.397. The van der Waals surface area contributed by atoms with Crippen LogP contribution in [-0.2, 0) is 4.74 Å². The highest BCUT2D eigenvalue weighted by molar-refractivity contribution is 5.90. The number of aromatic hydroxyl groups is 1. The number of hydrogen-bond acceptors (Lipinski definition) is 5. The van der Waals surface area contributed by atoms with E-state index in [1.165, 1.54) is 6.07 Å². The Balaban J connectivity index is 2.68. The molecule has 0 unspecified atom stereocenters. The van der Waals surface area contributed by atoms with Gasteiger partial charge in [0.1, 0.15) is 6.61 Å². The summed E-state index contributed by atoms with van der Waals surface area (Å²) in [6, 6.07) is 4.75. The molecular weight excluding hydrogens is 306 g/mol. The number of hydrogen-bond donors (Lipinski definition) is 1. The molecule has 0 aromatic heterocycles. The first-order chi connectivity index (χ1) is 11.3. The molecule has 0 saturated carbocycles. The topological polar surface area (TPSA) is 59.0 Å². The van der Waals surface area contributed by atoms with E-state index in [0.717, 1.165) is 19.3 Å². The molecule has 24 heavy (non-hydrogen) atoms. The predicted molar refractivity (Wildman–Crippen MR) is 95.7 cm³/mol. The maximum Gasteiger partial charge on any atom is 0.338 e. The number of ether oxygens (including phenoxy) is 2. The first-order valence-corrected chi connectivity index (χ1v) is 8.64. The van der Waals surface area contributed by atoms with E-state index in [4.69, 9.17) is 9.47 Å². The second-order valence-electron chi connectivity index (χ2n) is 6.73. The van der Waals surface area contributed by atoms with Crippen LogP contribution in [0.15, 0.2) is 18.2 Å². The fourth-order valence-corrected chi connectivity index (χ4v) is 2.31. The molecule has 1 aromatic rings. The Morgan fingerprint density at radius 3 is 2.58 bits per heavy atom. The molecule has 5 nitrogen and oxygen atoms in total. The smallest absolute Gasteiger partial charge is 0.338 e. The van der Waals surface area contributed by atoms with Crippen LogP contribution >= 0.6 is 0 Å². The Labute approximate surface area is 145 Å². The summed E-state index contributed by atoms with van der Waals surface area (Å²) < 4.78 is 11.0. The van der Waals surface area contributed by atoms with Gasteiger partial charge in [-0.2, -0.15) is 0 Å². The zero-order valence-corrected chi connectivity index (χ0v) is 15.5. The summed E-state index contributed by atoms with van der Waals surface area (Å²) in [6.45, 7) is 7.22. The van der Waals surface area contributed by atoms with E-state index in [0.29, 0.717) is 30.4 Å². The zero-order chi connectivity index (χ0) is 18.1. The lowest BCUT2D eigenvalue weighted by Crippen LogP contribution is -2.34. The molecule has 0 radical (unpaired) electrons. The average Bonchev–Trinajstić information content (AvgIpc) is 2.52. The third-order valence-electron chi connectivity index (χ3n) is 3.83. The maximum absolute atomic E-state index is 12.3. The summed E-state index contributed by atoms with van der Waals surface area (Å²) in [5.41, 5.74) is 0.390. The number of esters is 1. The molecular formula is C19H31NO4. The number of phenols is 1. The molecule has 136 valence electrons. The number of benzene rings is 1. The van der Waals surface area contributed by atoms with Gasteiger partial charge < -0.3 is 19.5 Å². The van der Waals surface area contributed by atoms with E-state index in [1.807, 2.05) is 14.1 Å². The van der Waals surface area contributed by atoms with Gasteiger partial charge in [-0.05, 0) is 51.1 Å². The molecule has 1 N–H and O–H groups in total. The first kappa shape index (κ1) is 20.3. The van der Waals surface area contributed by atoms with Crippen LogP contribution in [0.1, 0.15) is 50.4 Å². The van der Waals surface area contributed by atoms with E-state index in [-0.39, 0.29) is 11.8 Å². The van der Waals surface area contributed by atoms with Crippen LogP contribution in [0.25, 0.3) is 0 Å². The lowest BCUT2D eigenvalue weighted by molar-refractivity contribution is 0.0378. The van der Waals surface area contributed by atoms with Gasteiger partial charge in [-0.3, -0.25) is 0 Å². The van der Waals surface area contributed by atoms with Crippen LogP contribution in [0.5, 0.6) is 11.5 Å². The minimum Gasteiger partial charge on any atom is -0.504 e. The lowest BCUT2D eigenvalue weighted by atomic mass is 10.0. The summed E-state index contributed by atoms with van der Waals surface area (Å²) in [4.78, 5) is 14.3. The highest BCUT2D eigenvalue weighted by Gasteiger charge is 2.17. The third-order valence-corrected chi connectivity index (χ3v) is 3.83. The molecule has 1 rings (SSSR count). The van der Waals surface area contributed by atoms with Gasteiger partial charge >= 0.3 is 5.97 Å². The molecule has 1 atom stereocenters. The van der Waals surface area contributed by atoms with Crippen molar-refractivity contribution in [1.29, 1.82) is 0 Å². The maximum atomic E-state index is 12.3. The summed E-state index contributed by atoms with van der Waals surface area (Å²) in [7, 11) is 3.97. The Morgan fingerprint density at radius 2 is 2.00 bits per heavy atom. The molecule has 0 amide bonds. The Hall–Kier alpha value is -1.75. The van der Waals surface area contributed by atoms with Crippen molar-refractivity contribution in [1.82, 2.24) is 4.90 Å². The molecule has 0 aliphatic rings. The van der Waals surface area contributed by atoms with Crippen molar-refractivity contribution >= 4 is 5.97 Å². The van der Waals surface area contributed by atoms with Crippen LogP contribution < -0.4 is 4.74 Å². The second-order valence-corrected chi connectivity index (χ2v) is 6.73. The van der Waals surface area contributed by atoms with Crippen LogP contribution in [0.3, 0.4) is 0 Å². The lowest BCUT2D eigenvalue weighted by Gasteiger charge is -2.25. The van der Waals surface area contributed by atoms with Gasteiger partial charge in [0.15, 0.2) is 11.5 Å². The van der Waals surface area contributed by atoms with Crippen molar-refractivity contribution in [2.45, 2.75) is 46.1 Å². The van der Waals surface area contributed by atoms with E-state index < -0.39 is 5.97 Å². The molecule has 0 aliphatic heterocycles. The van der Waals surface area contributed by atoms with Gasteiger partial charge in [0.05, 0.1) is 12.2 Å². The Kier molecular flexibility index (Phi) is 8.61. The highest BCUT2D eigenvalue weighted by atomic mass is 16.5. The van der Waals surface area contributed by atoms with Gasteiger partial charge in [0, 0.05) is 6.04 Å². The van der Waals surface area contributed by atoms with Gasteiger partial charge in [-0.1, -0.05) is 27.2 Å². The number of nitrogens with zero attached hydrogens (tertiary/aromatic N) is 1. The standard InChI is InChI=1S/C19H31NO4/c1-6-7-10-23-18-12-15(8-9-17(18)21)19(22)24-13-16(20(4)5)11-14(2)3/h8-9,12,14,16,21H,6-7,10-11,13H2,1-5H3/t16-/m1/s1. The second kappa shape index (κ2) is 10.2. The van der Waals surface area contributed by atoms with Gasteiger partial charge in [0.2, 0.25) is 0 Å². The molecule has 0 spiro atoms. The van der Waals surface area contributed by atoms with Crippen LogP contribution in [0, 0.1) is 5.92 Å². The molecule has 0 saturated heterocycles. The molecule has 5 heteroatoms. The van der Waals surface area contributed by atoms with Crippen molar-refractivity contribution in [2.24, 2.45) is 5.92 Å². The monoisotopic (exact) mass is 337 g/mol. The first-order valence-electron chi connectivity index (χ1n) is 8.64. The van der Waals surface area contributed by atoms with Crippen molar-refractivity contribution in [3.63, 3.8) is 0 Å². The van der Waals surface area contributed by atoms with Crippen molar-refractivity contribution in [3.8, 4) is 11.5 Å². The fraction of sp³-hybridized carbons (Fsp3) is 0.632. The van der Waals surface area contributed by atoms with Crippen molar-refractivity contribution in [3.05, 3.63) is 23.8 Å². The third kappa shape index (κ3) is 6.79. The fourth-order valence-electron chi connectivity index (χ4n) is 2.31. The minimum absolute atomic E-state index is 0.0358. The highest BCUT2D eigenvalue weighted by Crippen LogP contribution is 2.27. The average molecular weight is 337 g/mol. The molecule has 0 heterocycles. The van der Waals surface area contributed by atoms with Crippen molar-refractivity contribution < 1.29 is 19.4 Å². The predicted octanol–water partition coefficient (Wildman–Crippen LogP) is 3.70. The van der Waals surface area contributed by atoms with Crippen molar-refractivity contribution in [2.75, 3.05) is 27.3 Å². The number of rotatable bonds is 10. The SMILES string of the molecule is CCCCOc1cc(C(=O)OC[C@@H](CC(C)C)N(C)C)ccc1O. The largest absolute Gasteiger partial charge is 0.504 e. The number of phenolic OH excluding ortho intramolecular Hbond substituents is 1. The van der Waals surface area contributed by atoms with E-state index >= 15 is 0 Å². The van der Waals surface area contributed by atoms with Crippen LogP contribution in [0.4, 0.5) is 0 Å². The number of carbonyl (C=O) groups excluding carboxylic acids is 1. The Bertz CT molecular complexity index is 514. The summed E-state index contributed by atoms with van der Waals surface area (Å²) in [5.74, 6) is 0.493. The number of carbonyl (C=O) groups is 1. The van der Waals surface area contributed by atoms with E-state index in [1.54, 1.807) is 12.1 Å². The summed E-state index contributed by atoms with van der Waals surface area (Å²) in [5, 5.41) is 9.82. The number of likely N-dealkylation sites (N-methyl/N-ethyl adjacent to an activating group) is 1. The van der Waals surface area contributed by atoms with Gasteiger partial charge in [-0.15, -0.1) is 0 Å². The zero-order valence-electron chi connectivity index (χ0n) is 15.5. The molecule has 0 fully saturated rings. The molecule has 0 aliphatic carbocycles. The van der Waals surface area contributed by atoms with E-state index in [2.05, 4.69) is 25.7 Å². The summed E-state index contributed by atoms with van der Waals surface area (Å²) in [6.07, 6.45) is 2.86. The van der Waals surface area contributed by atoms with Gasteiger partial charge in [-0.25, -0.2) is 4.79 Å². The Morgan fingerprint density at radius 1 is 1.29 bits per heavy atom. The normalized spacial score (nSPS) is 12.5.